The molecule has 1 aromatic heterocycles. The lowest BCUT2D eigenvalue weighted by molar-refractivity contribution is -0.110. The Bertz CT molecular complexity index is 1010. The molecule has 2 amide bonds. The van der Waals surface area contributed by atoms with Crippen molar-refractivity contribution in [2.24, 2.45) is 0 Å². The number of benzene rings is 2. The first-order valence-corrected chi connectivity index (χ1v) is 9.41. The van der Waals surface area contributed by atoms with Crippen molar-refractivity contribution >= 4 is 39.4 Å². The predicted octanol–water partition coefficient (Wildman–Crippen LogP) is 2.78. The van der Waals surface area contributed by atoms with Gasteiger partial charge in [-0.3, -0.25) is 20.4 Å². The summed E-state index contributed by atoms with van der Waals surface area (Å²) in [5.74, 6) is -0.910. The number of aliphatic hydroxyl groups excluding tert-OH is 1. The molecule has 7 nitrogen and oxygen atoms in total. The van der Waals surface area contributed by atoms with Gasteiger partial charge in [0.15, 0.2) is 0 Å². The van der Waals surface area contributed by atoms with Crippen LogP contribution in [0.2, 0.25) is 0 Å². The lowest BCUT2D eigenvalue weighted by atomic mass is 10.1. The molecule has 4 N–H and O–H groups in total. The van der Waals surface area contributed by atoms with E-state index in [0.717, 1.165) is 27.9 Å². The molecule has 0 fully saturated rings. The fourth-order valence-corrected chi connectivity index (χ4v) is 3.22. The summed E-state index contributed by atoms with van der Waals surface area (Å²) in [4.78, 5) is 20.9. The first kappa shape index (κ1) is 21.8. The minimum Gasteiger partial charge on any atom is -0.392 e. The molecule has 3 aromatic rings. The van der Waals surface area contributed by atoms with Crippen LogP contribution >= 0.6 is 11.3 Å². The molecule has 1 atom stereocenters. The number of anilines is 1. The van der Waals surface area contributed by atoms with Gasteiger partial charge in [0, 0.05) is 23.2 Å². The van der Waals surface area contributed by atoms with Crippen LogP contribution in [0.25, 0.3) is 10.1 Å². The number of nitrogens with zero attached hydrogens (tertiary/aromatic N) is 1. The van der Waals surface area contributed by atoms with Crippen LogP contribution in [0.3, 0.4) is 0 Å². The minimum absolute atomic E-state index is 0.274. The van der Waals surface area contributed by atoms with Crippen molar-refractivity contribution in [1.82, 2.24) is 10.9 Å². The maximum absolute atomic E-state index is 12.4. The molecule has 1 unspecified atom stereocenters. The van der Waals surface area contributed by atoms with Gasteiger partial charge in [0.25, 0.3) is 5.91 Å². The molecule has 0 saturated carbocycles. The Morgan fingerprint density at radius 2 is 2.00 bits per heavy atom. The van der Waals surface area contributed by atoms with Crippen LogP contribution in [0.1, 0.15) is 22.8 Å². The highest BCUT2D eigenvalue weighted by Gasteiger charge is 2.07. The Labute approximate surface area is 170 Å². The Morgan fingerprint density at radius 3 is 2.62 bits per heavy atom. The second-order valence-electron chi connectivity index (χ2n) is 5.89. The molecular weight excluding hydrogens is 395 g/mol. The summed E-state index contributed by atoms with van der Waals surface area (Å²) < 4.78 is 13.4. The summed E-state index contributed by atoms with van der Waals surface area (Å²) in [6.45, 7) is 2.25. The maximum Gasteiger partial charge on any atom is 0.269 e. The van der Waals surface area contributed by atoms with E-state index in [1.807, 2.05) is 29.0 Å². The zero-order chi connectivity index (χ0) is 21.2. The number of nitrogens with one attached hydrogen (secondary N) is 3. The van der Waals surface area contributed by atoms with E-state index in [1.54, 1.807) is 18.3 Å². The van der Waals surface area contributed by atoms with Crippen molar-refractivity contribution in [3.05, 3.63) is 64.8 Å². The standard InChI is InChI=1S/C12H12N2OS.C8H7FN2O2/c1-8(15)7-14-11-3-2-9(6-13)12-10(11)4-5-16-12;9-7-3-1-6(2-4-7)8(13)11-10-5-12/h2-5,8,14-15H,7H2,1H3;1-5H,(H,10,12)(H,11,13). The van der Waals surface area contributed by atoms with Gasteiger partial charge in [-0.15, -0.1) is 11.3 Å². The third kappa shape index (κ3) is 6.27. The lowest BCUT2D eigenvalue weighted by Gasteiger charge is -2.09. The monoisotopic (exact) mass is 414 g/mol. The third-order valence-corrected chi connectivity index (χ3v) is 4.62. The first-order chi connectivity index (χ1) is 14.0. The second kappa shape index (κ2) is 10.8. The predicted molar refractivity (Wildman–Crippen MR) is 110 cm³/mol. The summed E-state index contributed by atoms with van der Waals surface area (Å²) in [7, 11) is 0. The van der Waals surface area contributed by atoms with Gasteiger partial charge in [0.1, 0.15) is 11.9 Å². The summed E-state index contributed by atoms with van der Waals surface area (Å²) in [5, 5.41) is 24.4. The van der Waals surface area contributed by atoms with Crippen LogP contribution in [-0.2, 0) is 4.79 Å². The highest BCUT2D eigenvalue weighted by Crippen LogP contribution is 2.30. The Morgan fingerprint density at radius 1 is 1.28 bits per heavy atom. The van der Waals surface area contributed by atoms with E-state index in [2.05, 4.69) is 16.8 Å². The average Bonchev–Trinajstić information content (AvgIpc) is 3.21. The Balaban J connectivity index is 0.000000212. The van der Waals surface area contributed by atoms with Crippen molar-refractivity contribution in [2.45, 2.75) is 13.0 Å². The molecule has 0 aliphatic carbocycles. The maximum atomic E-state index is 12.4. The van der Waals surface area contributed by atoms with Crippen LogP contribution < -0.4 is 16.2 Å². The topological polar surface area (TPSA) is 114 Å². The summed E-state index contributed by atoms with van der Waals surface area (Å²) >= 11 is 1.56. The van der Waals surface area contributed by atoms with Crippen molar-refractivity contribution < 1.29 is 19.1 Å². The number of hydrogen-bond donors (Lipinski definition) is 4. The first-order valence-electron chi connectivity index (χ1n) is 8.53. The number of halogens is 1. The molecule has 29 heavy (non-hydrogen) atoms. The zero-order valence-corrected chi connectivity index (χ0v) is 16.3. The van der Waals surface area contributed by atoms with Gasteiger partial charge >= 0.3 is 0 Å². The number of nitriles is 1. The molecule has 0 saturated heterocycles. The van der Waals surface area contributed by atoms with Crippen molar-refractivity contribution in [1.29, 1.82) is 5.26 Å². The summed E-state index contributed by atoms with van der Waals surface area (Å²) in [6.07, 6.45) is -0.0501. The molecule has 3 rings (SSSR count). The SMILES string of the molecule is CC(O)CNc1ccc(C#N)c2sccc12.O=CNNC(=O)c1ccc(F)cc1. The molecule has 0 spiro atoms. The van der Waals surface area contributed by atoms with Crippen molar-refractivity contribution in [3.8, 4) is 6.07 Å². The summed E-state index contributed by atoms with van der Waals surface area (Å²) in [6, 6.07) is 12.8. The van der Waals surface area contributed by atoms with Gasteiger partial charge in [0.05, 0.1) is 16.4 Å². The van der Waals surface area contributed by atoms with Crippen LogP contribution in [0.4, 0.5) is 10.1 Å². The number of aliphatic hydroxyl groups is 1. The van der Waals surface area contributed by atoms with Gasteiger partial charge < -0.3 is 10.4 Å². The van der Waals surface area contributed by atoms with E-state index < -0.39 is 11.7 Å². The second-order valence-corrected chi connectivity index (χ2v) is 6.81. The number of rotatable bonds is 6. The number of hydrazine groups is 1. The van der Waals surface area contributed by atoms with E-state index in [9.17, 15) is 19.1 Å². The third-order valence-electron chi connectivity index (χ3n) is 3.68. The molecular formula is C20H19FN4O3S. The van der Waals surface area contributed by atoms with Crippen LogP contribution in [0.15, 0.2) is 47.8 Å². The largest absolute Gasteiger partial charge is 0.392 e. The van der Waals surface area contributed by atoms with Crippen LogP contribution in [0.5, 0.6) is 0 Å². The van der Waals surface area contributed by atoms with Crippen LogP contribution in [0, 0.1) is 17.1 Å². The number of hydrogen-bond acceptors (Lipinski definition) is 6. The molecule has 9 heteroatoms. The lowest BCUT2D eigenvalue weighted by Crippen LogP contribution is -2.36. The molecule has 0 aliphatic rings. The normalized spacial score (nSPS) is 10.8. The quantitative estimate of drug-likeness (QED) is 0.366. The molecule has 2 aromatic carbocycles. The summed E-state index contributed by atoms with van der Waals surface area (Å²) in [5.41, 5.74) is 6.02. The zero-order valence-electron chi connectivity index (χ0n) is 15.5. The number of amides is 2. The fourth-order valence-electron chi connectivity index (χ4n) is 2.33. The smallest absolute Gasteiger partial charge is 0.269 e. The van der Waals surface area contributed by atoms with Gasteiger partial charge in [-0.05, 0) is 54.8 Å². The van der Waals surface area contributed by atoms with Gasteiger partial charge in [-0.1, -0.05) is 0 Å². The van der Waals surface area contributed by atoms with E-state index in [4.69, 9.17) is 5.26 Å². The number of carbonyl (C=O) groups excluding carboxylic acids is 2. The molecule has 150 valence electrons. The average molecular weight is 414 g/mol. The number of thiophene rings is 1. The fraction of sp³-hybridized carbons (Fsp3) is 0.150. The van der Waals surface area contributed by atoms with Crippen LogP contribution in [-0.4, -0.2) is 30.1 Å². The van der Waals surface area contributed by atoms with Crippen molar-refractivity contribution in [2.75, 3.05) is 11.9 Å². The highest BCUT2D eigenvalue weighted by atomic mass is 32.1. The Kier molecular flexibility index (Phi) is 8.09. The minimum atomic E-state index is -0.493. The van der Waals surface area contributed by atoms with E-state index in [-0.39, 0.29) is 11.7 Å². The van der Waals surface area contributed by atoms with Gasteiger partial charge in [-0.25, -0.2) is 4.39 Å². The molecule has 1 heterocycles. The van der Waals surface area contributed by atoms with E-state index in [1.165, 1.54) is 12.1 Å². The number of carbonyl (C=O) groups is 2. The van der Waals surface area contributed by atoms with Gasteiger partial charge in [0.2, 0.25) is 6.41 Å². The molecule has 0 aliphatic heterocycles. The van der Waals surface area contributed by atoms with E-state index in [0.29, 0.717) is 18.5 Å². The highest BCUT2D eigenvalue weighted by molar-refractivity contribution is 7.17. The Hall–Kier alpha value is -3.48. The molecule has 0 radical (unpaired) electrons. The number of fused-ring (bicyclic) bond motifs is 1. The van der Waals surface area contributed by atoms with Crippen molar-refractivity contribution in [3.63, 3.8) is 0 Å². The van der Waals surface area contributed by atoms with E-state index >= 15 is 0 Å². The molecule has 0 bridgehead atoms. The van der Waals surface area contributed by atoms with Gasteiger partial charge in [-0.2, -0.15) is 5.26 Å².